The van der Waals surface area contributed by atoms with E-state index in [-0.39, 0.29) is 12.1 Å². The molecule has 0 unspecified atom stereocenters. The van der Waals surface area contributed by atoms with Crippen molar-refractivity contribution in [1.29, 1.82) is 0 Å². The van der Waals surface area contributed by atoms with Crippen molar-refractivity contribution >= 4 is 6.03 Å². The number of carbonyl (C=O) groups excluding carboxylic acids is 1. The number of nitrogens with one attached hydrogen (secondary N) is 2. The van der Waals surface area contributed by atoms with Crippen molar-refractivity contribution in [3.8, 4) is 0 Å². The minimum absolute atomic E-state index is 0.0121. The zero-order chi connectivity index (χ0) is 9.68. The van der Waals surface area contributed by atoms with Crippen LogP contribution in [0, 0.1) is 0 Å². The van der Waals surface area contributed by atoms with E-state index in [0.29, 0.717) is 6.04 Å². The molecule has 0 aromatic heterocycles. The van der Waals surface area contributed by atoms with Crippen LogP contribution in [0.15, 0.2) is 0 Å². The Morgan fingerprint density at radius 3 is 2.38 bits per heavy atom. The normalized spacial score (nSPS) is 18.7. The SMILES string of the molecule is CC(C)NC(=O)NC1CCCCC1. The van der Waals surface area contributed by atoms with Crippen molar-refractivity contribution in [3.05, 3.63) is 0 Å². The summed E-state index contributed by atoms with van der Waals surface area (Å²) in [6.45, 7) is 3.95. The maximum atomic E-state index is 11.3. The van der Waals surface area contributed by atoms with Crippen LogP contribution in [0.25, 0.3) is 0 Å². The van der Waals surface area contributed by atoms with Gasteiger partial charge in [-0.3, -0.25) is 0 Å². The van der Waals surface area contributed by atoms with Gasteiger partial charge < -0.3 is 10.6 Å². The second-order valence-electron chi connectivity index (χ2n) is 4.11. The zero-order valence-corrected chi connectivity index (χ0v) is 8.60. The average Bonchev–Trinajstić information content (AvgIpc) is 2.04. The monoisotopic (exact) mass is 184 g/mol. The van der Waals surface area contributed by atoms with Gasteiger partial charge in [0, 0.05) is 12.1 Å². The van der Waals surface area contributed by atoms with Crippen molar-refractivity contribution < 1.29 is 4.79 Å². The molecule has 0 heterocycles. The molecule has 1 saturated carbocycles. The minimum Gasteiger partial charge on any atom is -0.336 e. The molecule has 0 spiro atoms. The van der Waals surface area contributed by atoms with Gasteiger partial charge >= 0.3 is 6.03 Å². The van der Waals surface area contributed by atoms with Crippen LogP contribution in [-0.4, -0.2) is 18.1 Å². The minimum atomic E-state index is -0.0121. The van der Waals surface area contributed by atoms with Crippen molar-refractivity contribution in [2.75, 3.05) is 0 Å². The van der Waals surface area contributed by atoms with Crippen LogP contribution in [0.4, 0.5) is 4.79 Å². The van der Waals surface area contributed by atoms with E-state index in [1.54, 1.807) is 0 Å². The molecular weight excluding hydrogens is 164 g/mol. The van der Waals surface area contributed by atoms with Gasteiger partial charge in [-0.2, -0.15) is 0 Å². The third kappa shape index (κ3) is 4.15. The van der Waals surface area contributed by atoms with Gasteiger partial charge in [0.25, 0.3) is 0 Å². The summed E-state index contributed by atoms with van der Waals surface area (Å²) in [5.74, 6) is 0. The lowest BCUT2D eigenvalue weighted by molar-refractivity contribution is 0.230. The summed E-state index contributed by atoms with van der Waals surface area (Å²) in [5.41, 5.74) is 0. The fourth-order valence-corrected chi connectivity index (χ4v) is 1.74. The van der Waals surface area contributed by atoms with E-state index in [1.165, 1.54) is 19.3 Å². The van der Waals surface area contributed by atoms with E-state index >= 15 is 0 Å². The molecular formula is C10H20N2O. The van der Waals surface area contributed by atoms with Gasteiger partial charge in [-0.25, -0.2) is 4.79 Å². The zero-order valence-electron chi connectivity index (χ0n) is 8.60. The van der Waals surface area contributed by atoms with Gasteiger partial charge in [0.1, 0.15) is 0 Å². The number of hydrogen-bond acceptors (Lipinski definition) is 1. The second kappa shape index (κ2) is 5.10. The molecule has 0 aliphatic heterocycles. The molecule has 1 fully saturated rings. The lowest BCUT2D eigenvalue weighted by Gasteiger charge is -2.23. The molecule has 0 aromatic rings. The van der Waals surface area contributed by atoms with Crippen molar-refractivity contribution in [3.63, 3.8) is 0 Å². The highest BCUT2D eigenvalue weighted by molar-refractivity contribution is 5.74. The number of rotatable bonds is 2. The summed E-state index contributed by atoms with van der Waals surface area (Å²) in [6, 6.07) is 0.623. The Labute approximate surface area is 80.3 Å². The number of amides is 2. The highest BCUT2D eigenvalue weighted by Crippen LogP contribution is 2.17. The molecule has 0 atom stereocenters. The Bertz CT molecular complexity index is 162. The summed E-state index contributed by atoms with van der Waals surface area (Å²) in [5, 5.41) is 5.84. The summed E-state index contributed by atoms with van der Waals surface area (Å²) in [7, 11) is 0. The first-order valence-electron chi connectivity index (χ1n) is 5.25. The summed E-state index contributed by atoms with van der Waals surface area (Å²) >= 11 is 0. The fraction of sp³-hybridized carbons (Fsp3) is 0.900. The predicted molar refractivity (Wildman–Crippen MR) is 53.7 cm³/mol. The van der Waals surface area contributed by atoms with Crippen LogP contribution < -0.4 is 10.6 Å². The van der Waals surface area contributed by atoms with Gasteiger partial charge in [-0.05, 0) is 26.7 Å². The summed E-state index contributed by atoms with van der Waals surface area (Å²) in [6.07, 6.45) is 6.13. The fourth-order valence-electron chi connectivity index (χ4n) is 1.74. The Morgan fingerprint density at radius 2 is 1.85 bits per heavy atom. The summed E-state index contributed by atoms with van der Waals surface area (Å²) in [4.78, 5) is 11.3. The van der Waals surface area contributed by atoms with E-state index in [2.05, 4.69) is 10.6 Å². The third-order valence-corrected chi connectivity index (χ3v) is 2.36. The Kier molecular flexibility index (Phi) is 4.06. The van der Waals surface area contributed by atoms with Gasteiger partial charge in [0.2, 0.25) is 0 Å². The van der Waals surface area contributed by atoms with Crippen LogP contribution in [-0.2, 0) is 0 Å². The predicted octanol–water partition coefficient (Wildman–Crippen LogP) is 2.03. The number of urea groups is 1. The van der Waals surface area contributed by atoms with Crippen molar-refractivity contribution in [2.24, 2.45) is 0 Å². The first-order chi connectivity index (χ1) is 6.18. The molecule has 1 aliphatic rings. The van der Waals surface area contributed by atoms with Gasteiger partial charge in [0.05, 0.1) is 0 Å². The van der Waals surface area contributed by atoms with E-state index < -0.39 is 0 Å². The van der Waals surface area contributed by atoms with Crippen molar-refractivity contribution in [2.45, 2.75) is 58.0 Å². The number of hydrogen-bond donors (Lipinski definition) is 2. The molecule has 3 nitrogen and oxygen atoms in total. The van der Waals surface area contributed by atoms with Crippen LogP contribution >= 0.6 is 0 Å². The lowest BCUT2D eigenvalue weighted by Crippen LogP contribution is -2.45. The highest BCUT2D eigenvalue weighted by atomic mass is 16.2. The molecule has 2 amide bonds. The molecule has 0 bridgehead atoms. The Balaban J connectivity index is 2.18. The average molecular weight is 184 g/mol. The Hall–Kier alpha value is -0.730. The maximum absolute atomic E-state index is 11.3. The van der Waals surface area contributed by atoms with E-state index in [9.17, 15) is 4.79 Å². The summed E-state index contributed by atoms with van der Waals surface area (Å²) < 4.78 is 0. The van der Waals surface area contributed by atoms with E-state index in [1.807, 2.05) is 13.8 Å². The molecule has 1 aliphatic carbocycles. The molecule has 13 heavy (non-hydrogen) atoms. The molecule has 2 N–H and O–H groups in total. The second-order valence-corrected chi connectivity index (χ2v) is 4.11. The van der Waals surface area contributed by atoms with Gasteiger partial charge in [-0.15, -0.1) is 0 Å². The maximum Gasteiger partial charge on any atom is 0.315 e. The molecule has 76 valence electrons. The van der Waals surface area contributed by atoms with Crippen molar-refractivity contribution in [1.82, 2.24) is 10.6 Å². The topological polar surface area (TPSA) is 41.1 Å². The highest BCUT2D eigenvalue weighted by Gasteiger charge is 2.15. The smallest absolute Gasteiger partial charge is 0.315 e. The first-order valence-corrected chi connectivity index (χ1v) is 5.25. The van der Waals surface area contributed by atoms with Crippen LogP contribution in [0.3, 0.4) is 0 Å². The van der Waals surface area contributed by atoms with E-state index in [4.69, 9.17) is 0 Å². The van der Waals surface area contributed by atoms with E-state index in [0.717, 1.165) is 12.8 Å². The standard InChI is InChI=1S/C10H20N2O/c1-8(2)11-10(13)12-9-6-4-3-5-7-9/h8-9H,3-7H2,1-2H3,(H2,11,12,13). The Morgan fingerprint density at radius 1 is 1.23 bits per heavy atom. The van der Waals surface area contributed by atoms with Crippen LogP contribution in [0.5, 0.6) is 0 Å². The third-order valence-electron chi connectivity index (χ3n) is 2.36. The van der Waals surface area contributed by atoms with Gasteiger partial charge in [-0.1, -0.05) is 19.3 Å². The molecule has 1 rings (SSSR count). The quantitative estimate of drug-likeness (QED) is 0.677. The first kappa shape index (κ1) is 10.4. The number of carbonyl (C=O) groups is 1. The molecule has 0 radical (unpaired) electrons. The molecule has 0 saturated heterocycles. The largest absolute Gasteiger partial charge is 0.336 e. The van der Waals surface area contributed by atoms with Crippen LogP contribution in [0.1, 0.15) is 46.0 Å². The van der Waals surface area contributed by atoms with Crippen LogP contribution in [0.2, 0.25) is 0 Å². The molecule has 0 aromatic carbocycles. The molecule has 3 heteroatoms. The lowest BCUT2D eigenvalue weighted by atomic mass is 9.96. The van der Waals surface area contributed by atoms with Gasteiger partial charge in [0.15, 0.2) is 0 Å².